The van der Waals surface area contributed by atoms with Crippen molar-refractivity contribution in [1.29, 1.82) is 0 Å². The maximum Gasteiger partial charge on any atom is 0.240 e. The first-order valence-corrected chi connectivity index (χ1v) is 9.73. The molecule has 0 aliphatic heterocycles. The maximum absolute atomic E-state index is 12.6. The Bertz CT molecular complexity index is 835. The van der Waals surface area contributed by atoms with Crippen molar-refractivity contribution in [3.8, 4) is 0 Å². The second-order valence-electron chi connectivity index (χ2n) is 6.25. The zero-order valence-electron chi connectivity index (χ0n) is 13.4. The third-order valence-electron chi connectivity index (χ3n) is 4.57. The van der Waals surface area contributed by atoms with Crippen molar-refractivity contribution >= 4 is 21.6 Å². The van der Waals surface area contributed by atoms with Gasteiger partial charge in [0.25, 0.3) is 0 Å². The summed E-state index contributed by atoms with van der Waals surface area (Å²) in [5.41, 5.74) is 0.0419. The van der Waals surface area contributed by atoms with Crippen LogP contribution in [0.15, 0.2) is 53.4 Å². The summed E-state index contributed by atoms with van der Waals surface area (Å²) in [6, 6.07) is 14.0. The third-order valence-corrected chi connectivity index (χ3v) is 6.52. The molecule has 0 saturated heterocycles. The molecule has 2 aromatic rings. The van der Waals surface area contributed by atoms with Crippen LogP contribution in [-0.2, 0) is 15.6 Å². The Labute approximate surface area is 147 Å². The largest absolute Gasteiger partial charge is 0.383 e. The summed E-state index contributed by atoms with van der Waals surface area (Å²) < 4.78 is 27.9. The maximum atomic E-state index is 12.6. The molecule has 1 unspecified atom stereocenters. The standard InChI is InChI=1S/C18H20ClNO3S/c1-13-16(19)8-5-9-17(13)24(22,23)20-12-18(21,15-10-11-15)14-6-3-2-4-7-14/h2-9,15,20-21H,10-12H2,1H3. The smallest absolute Gasteiger partial charge is 0.240 e. The Hall–Kier alpha value is -1.40. The second-order valence-corrected chi connectivity index (χ2v) is 8.39. The van der Waals surface area contributed by atoms with Crippen LogP contribution < -0.4 is 4.72 Å². The molecule has 24 heavy (non-hydrogen) atoms. The quantitative estimate of drug-likeness (QED) is 0.825. The Balaban J connectivity index is 1.86. The Morgan fingerprint density at radius 3 is 2.46 bits per heavy atom. The fourth-order valence-corrected chi connectivity index (χ4v) is 4.50. The monoisotopic (exact) mass is 365 g/mol. The van der Waals surface area contributed by atoms with Crippen molar-refractivity contribution in [3.63, 3.8) is 0 Å². The van der Waals surface area contributed by atoms with Gasteiger partial charge in [-0.25, -0.2) is 13.1 Å². The fourth-order valence-electron chi connectivity index (χ4n) is 2.93. The van der Waals surface area contributed by atoms with Crippen molar-refractivity contribution in [1.82, 2.24) is 4.72 Å². The normalized spacial score (nSPS) is 17.5. The minimum Gasteiger partial charge on any atom is -0.383 e. The molecule has 0 heterocycles. The summed E-state index contributed by atoms with van der Waals surface area (Å²) in [5, 5.41) is 11.5. The lowest BCUT2D eigenvalue weighted by atomic mass is 9.89. The lowest BCUT2D eigenvalue weighted by Gasteiger charge is -2.29. The van der Waals surface area contributed by atoms with Gasteiger partial charge in [-0.3, -0.25) is 0 Å². The van der Waals surface area contributed by atoms with Gasteiger partial charge in [-0.1, -0.05) is 48.0 Å². The van der Waals surface area contributed by atoms with Gasteiger partial charge in [0.1, 0.15) is 5.60 Å². The minimum atomic E-state index is -3.75. The van der Waals surface area contributed by atoms with Gasteiger partial charge in [-0.2, -0.15) is 0 Å². The van der Waals surface area contributed by atoms with Crippen molar-refractivity contribution in [2.24, 2.45) is 5.92 Å². The highest BCUT2D eigenvalue weighted by molar-refractivity contribution is 7.89. The van der Waals surface area contributed by atoms with Gasteiger partial charge in [0.2, 0.25) is 10.0 Å². The predicted octanol–water partition coefficient (Wildman–Crippen LogP) is 3.22. The Morgan fingerprint density at radius 2 is 1.83 bits per heavy atom. The fraction of sp³-hybridized carbons (Fsp3) is 0.333. The lowest BCUT2D eigenvalue weighted by molar-refractivity contribution is 0.0185. The van der Waals surface area contributed by atoms with E-state index in [4.69, 9.17) is 11.6 Å². The topological polar surface area (TPSA) is 66.4 Å². The molecule has 0 spiro atoms. The molecule has 128 valence electrons. The number of hydrogen-bond acceptors (Lipinski definition) is 3. The van der Waals surface area contributed by atoms with E-state index in [1.54, 1.807) is 19.1 Å². The summed E-state index contributed by atoms with van der Waals surface area (Å²) in [6.45, 7) is 1.61. The molecule has 1 fully saturated rings. The Kier molecular flexibility index (Phi) is 4.71. The molecule has 2 N–H and O–H groups in total. The van der Waals surface area contributed by atoms with E-state index >= 15 is 0 Å². The number of sulfonamides is 1. The number of hydrogen-bond donors (Lipinski definition) is 2. The van der Waals surface area contributed by atoms with Crippen LogP contribution in [0.25, 0.3) is 0 Å². The number of rotatable bonds is 6. The third kappa shape index (κ3) is 3.35. The number of aliphatic hydroxyl groups is 1. The lowest BCUT2D eigenvalue weighted by Crippen LogP contribution is -2.42. The van der Waals surface area contributed by atoms with Crippen LogP contribution in [0, 0.1) is 12.8 Å². The molecule has 3 rings (SSSR count). The first-order chi connectivity index (χ1) is 11.3. The first-order valence-electron chi connectivity index (χ1n) is 7.87. The molecule has 1 aliphatic carbocycles. The van der Waals surface area contributed by atoms with E-state index in [-0.39, 0.29) is 17.4 Å². The van der Waals surface area contributed by atoms with E-state index in [0.717, 1.165) is 18.4 Å². The highest BCUT2D eigenvalue weighted by atomic mass is 35.5. The van der Waals surface area contributed by atoms with Crippen molar-refractivity contribution in [3.05, 3.63) is 64.7 Å². The van der Waals surface area contributed by atoms with Crippen LogP contribution in [-0.4, -0.2) is 20.1 Å². The highest BCUT2D eigenvalue weighted by Crippen LogP contribution is 2.45. The van der Waals surface area contributed by atoms with E-state index in [2.05, 4.69) is 4.72 Å². The summed E-state index contributed by atoms with van der Waals surface area (Å²) in [6.07, 6.45) is 1.78. The summed E-state index contributed by atoms with van der Waals surface area (Å²) in [5.74, 6) is 0.0723. The van der Waals surface area contributed by atoms with E-state index < -0.39 is 15.6 Å². The molecule has 0 radical (unpaired) electrons. The zero-order chi connectivity index (χ0) is 17.4. The number of benzene rings is 2. The van der Waals surface area contributed by atoms with Gasteiger partial charge < -0.3 is 5.11 Å². The van der Waals surface area contributed by atoms with E-state index in [0.29, 0.717) is 10.6 Å². The van der Waals surface area contributed by atoms with Crippen molar-refractivity contribution in [2.75, 3.05) is 6.54 Å². The van der Waals surface area contributed by atoms with Crippen molar-refractivity contribution in [2.45, 2.75) is 30.3 Å². The van der Waals surface area contributed by atoms with E-state index in [1.165, 1.54) is 6.07 Å². The minimum absolute atomic E-state index is 0.0596. The van der Waals surface area contributed by atoms with Gasteiger partial charge >= 0.3 is 0 Å². The van der Waals surface area contributed by atoms with Crippen LogP contribution in [0.3, 0.4) is 0 Å². The van der Waals surface area contributed by atoms with E-state index in [9.17, 15) is 13.5 Å². The molecule has 1 saturated carbocycles. The van der Waals surface area contributed by atoms with Crippen LogP contribution >= 0.6 is 11.6 Å². The van der Waals surface area contributed by atoms with Gasteiger partial charge in [0, 0.05) is 11.6 Å². The van der Waals surface area contributed by atoms with Crippen LogP contribution in [0.5, 0.6) is 0 Å². The molecular weight excluding hydrogens is 346 g/mol. The molecule has 0 amide bonds. The molecule has 4 nitrogen and oxygen atoms in total. The molecule has 1 aliphatic rings. The summed E-state index contributed by atoms with van der Waals surface area (Å²) in [7, 11) is -3.75. The molecular formula is C18H20ClNO3S. The zero-order valence-corrected chi connectivity index (χ0v) is 14.9. The predicted molar refractivity (Wildman–Crippen MR) is 94.4 cm³/mol. The molecule has 0 bridgehead atoms. The van der Waals surface area contributed by atoms with Crippen molar-refractivity contribution < 1.29 is 13.5 Å². The van der Waals surface area contributed by atoms with Gasteiger partial charge in [0.15, 0.2) is 0 Å². The van der Waals surface area contributed by atoms with E-state index in [1.807, 2.05) is 30.3 Å². The van der Waals surface area contributed by atoms with Crippen LogP contribution in [0.1, 0.15) is 24.0 Å². The average molecular weight is 366 g/mol. The first kappa shape index (κ1) is 17.4. The van der Waals surface area contributed by atoms with Gasteiger partial charge in [0.05, 0.1) is 4.90 Å². The molecule has 2 aromatic carbocycles. The summed E-state index contributed by atoms with van der Waals surface area (Å²) in [4.78, 5) is 0.140. The van der Waals surface area contributed by atoms with Crippen LogP contribution in [0.2, 0.25) is 5.02 Å². The van der Waals surface area contributed by atoms with Gasteiger partial charge in [-0.05, 0) is 48.9 Å². The van der Waals surface area contributed by atoms with Gasteiger partial charge in [-0.15, -0.1) is 0 Å². The molecule has 6 heteroatoms. The molecule has 0 aromatic heterocycles. The number of nitrogens with one attached hydrogen (secondary N) is 1. The highest BCUT2D eigenvalue weighted by Gasteiger charge is 2.45. The number of halogens is 1. The summed E-state index contributed by atoms with van der Waals surface area (Å²) >= 11 is 6.02. The SMILES string of the molecule is Cc1c(Cl)cccc1S(=O)(=O)NCC(O)(c1ccccc1)C1CC1. The second kappa shape index (κ2) is 6.48. The molecule has 1 atom stereocenters. The van der Waals surface area contributed by atoms with Crippen LogP contribution in [0.4, 0.5) is 0 Å². The Morgan fingerprint density at radius 1 is 1.17 bits per heavy atom. The average Bonchev–Trinajstić information content (AvgIpc) is 3.41.